The molecule has 0 rings (SSSR count). The van der Waals surface area contributed by atoms with Crippen LogP contribution in [0.15, 0.2) is 49.6 Å². The Morgan fingerprint density at radius 1 is 1.10 bits per heavy atom. The maximum Gasteiger partial charge on any atom is 0.243 e. The second kappa shape index (κ2) is 21.2. The van der Waals surface area contributed by atoms with Crippen molar-refractivity contribution in [1.29, 1.82) is 10.5 Å². The van der Waals surface area contributed by atoms with Crippen molar-refractivity contribution in [3.63, 3.8) is 0 Å². The molecular weight excluding hydrogens is 256 g/mol. The molecule has 20 heavy (non-hydrogen) atoms. The number of amides is 2. The van der Waals surface area contributed by atoms with Crippen molar-refractivity contribution >= 4 is 11.8 Å². The van der Waals surface area contributed by atoms with Gasteiger partial charge in [0.2, 0.25) is 11.8 Å². The molecule has 0 aromatic rings. The first-order valence-electron chi connectivity index (χ1n) is 5.03. The highest BCUT2D eigenvalue weighted by Gasteiger charge is 1.86. The molecule has 0 fully saturated rings. The minimum absolute atomic E-state index is 0.398. The molecule has 0 unspecified atom stereocenters. The first kappa shape index (κ1) is 25.7. The second-order valence-electron chi connectivity index (χ2n) is 2.98. The van der Waals surface area contributed by atoms with E-state index in [1.54, 1.807) is 19.9 Å². The summed E-state index contributed by atoms with van der Waals surface area (Å²) >= 11 is 0. The Morgan fingerprint density at radius 3 is 1.30 bits per heavy atom. The topological polar surface area (TPSA) is 134 Å². The second-order valence-corrected chi connectivity index (χ2v) is 2.98. The lowest BCUT2D eigenvalue weighted by Gasteiger charge is -1.81. The smallest absolute Gasteiger partial charge is 0.243 e. The van der Waals surface area contributed by atoms with Crippen molar-refractivity contribution in [3.05, 3.63) is 49.6 Å². The highest BCUT2D eigenvalue weighted by molar-refractivity contribution is 5.90. The third-order valence-corrected chi connectivity index (χ3v) is 0.904. The number of nitrogens with zero attached hydrogens (tertiary/aromatic N) is 2. The summed E-state index contributed by atoms with van der Waals surface area (Å²) in [6, 6.07) is 3.53. The summed E-state index contributed by atoms with van der Waals surface area (Å²) in [5.41, 5.74) is 10.2. The highest BCUT2D eigenvalue weighted by atomic mass is 16.1. The molecule has 0 aliphatic carbocycles. The summed E-state index contributed by atoms with van der Waals surface area (Å²) in [5.74, 6) is -0.917. The average molecular weight is 276 g/mol. The van der Waals surface area contributed by atoms with Crippen LogP contribution in [0.2, 0.25) is 0 Å². The summed E-state index contributed by atoms with van der Waals surface area (Å²) in [6.45, 7) is 16.0. The zero-order valence-corrected chi connectivity index (χ0v) is 11.8. The normalized spacial score (nSPS) is 6.00. The maximum absolute atomic E-state index is 9.82. The van der Waals surface area contributed by atoms with Crippen LogP contribution >= 0.6 is 0 Å². The lowest BCUT2D eigenvalue weighted by molar-refractivity contribution is -0.115. The minimum Gasteiger partial charge on any atom is -0.366 e. The summed E-state index contributed by atoms with van der Waals surface area (Å²) in [7, 11) is 0. The van der Waals surface area contributed by atoms with E-state index in [9.17, 15) is 9.59 Å². The van der Waals surface area contributed by atoms with Gasteiger partial charge in [-0.15, -0.1) is 0 Å². The van der Waals surface area contributed by atoms with E-state index in [1.807, 2.05) is 6.07 Å². The van der Waals surface area contributed by atoms with Crippen LogP contribution in [0.1, 0.15) is 13.8 Å². The van der Waals surface area contributed by atoms with E-state index in [0.717, 1.165) is 6.08 Å². The molecule has 108 valence electrons. The Morgan fingerprint density at radius 2 is 1.30 bits per heavy atom. The van der Waals surface area contributed by atoms with Crippen LogP contribution in [-0.2, 0) is 9.59 Å². The third-order valence-electron chi connectivity index (χ3n) is 0.904. The lowest BCUT2D eigenvalue weighted by Crippen LogP contribution is -2.10. The predicted octanol–water partition coefficient (Wildman–Crippen LogP) is 1.49. The van der Waals surface area contributed by atoms with Gasteiger partial charge >= 0.3 is 0 Å². The van der Waals surface area contributed by atoms with Crippen molar-refractivity contribution in [2.45, 2.75) is 13.8 Å². The van der Waals surface area contributed by atoms with Gasteiger partial charge in [-0.2, -0.15) is 10.5 Å². The fourth-order valence-corrected chi connectivity index (χ4v) is 0. The van der Waals surface area contributed by atoms with Gasteiger partial charge < -0.3 is 11.5 Å². The zero-order valence-electron chi connectivity index (χ0n) is 11.8. The number of hydrogen-bond donors (Lipinski definition) is 2. The van der Waals surface area contributed by atoms with Gasteiger partial charge in [0.25, 0.3) is 0 Å². The standard InChI is InChI=1S/C4H7NO.C4H5N.C3H5NO.C3H3N/c1-3(2)4(5)6;1-4(2)3-5;1-2-3(4)5;1-2-3-4/h1H2,2H3,(H2,5,6);1H2,2H3;2H,1H2,(H2,4,5);2H,1H2. The van der Waals surface area contributed by atoms with Crippen LogP contribution in [0.25, 0.3) is 0 Å². The fourth-order valence-electron chi connectivity index (χ4n) is 0. The molecule has 0 radical (unpaired) electrons. The Hall–Kier alpha value is -3.12. The Kier molecular flexibility index (Phi) is 27.2. The molecule has 0 spiro atoms. The fraction of sp³-hybridized carbons (Fsp3) is 0.143. The molecule has 0 saturated carbocycles. The van der Waals surface area contributed by atoms with Gasteiger partial charge in [-0.3, -0.25) is 9.59 Å². The highest BCUT2D eigenvalue weighted by Crippen LogP contribution is 1.78. The SMILES string of the molecule is C=C(C)C#N.C=C(C)C(N)=O.C=CC#N.C=CC(N)=O. The van der Waals surface area contributed by atoms with Crippen molar-refractivity contribution in [1.82, 2.24) is 0 Å². The van der Waals surface area contributed by atoms with Gasteiger partial charge in [0.1, 0.15) is 0 Å². The summed E-state index contributed by atoms with van der Waals surface area (Å²) < 4.78 is 0. The van der Waals surface area contributed by atoms with Gasteiger partial charge in [0.15, 0.2) is 0 Å². The number of allylic oxidation sites excluding steroid dienone is 2. The summed E-state index contributed by atoms with van der Waals surface area (Å²) in [4.78, 5) is 19.3. The number of nitriles is 2. The minimum atomic E-state index is -0.481. The van der Waals surface area contributed by atoms with E-state index in [-0.39, 0.29) is 0 Å². The molecule has 0 aliphatic rings. The van der Waals surface area contributed by atoms with E-state index >= 15 is 0 Å². The van der Waals surface area contributed by atoms with Gasteiger partial charge in [0.05, 0.1) is 12.1 Å². The first-order chi connectivity index (χ1) is 9.10. The van der Waals surface area contributed by atoms with Crippen LogP contribution < -0.4 is 11.5 Å². The van der Waals surface area contributed by atoms with E-state index < -0.39 is 11.8 Å². The van der Waals surface area contributed by atoms with Crippen molar-refractivity contribution in [2.75, 3.05) is 0 Å². The molecule has 6 nitrogen and oxygen atoms in total. The van der Waals surface area contributed by atoms with Gasteiger partial charge in [-0.05, 0) is 19.9 Å². The van der Waals surface area contributed by atoms with Crippen molar-refractivity contribution < 1.29 is 9.59 Å². The van der Waals surface area contributed by atoms with Gasteiger partial charge in [-0.25, -0.2) is 0 Å². The molecule has 0 aromatic carbocycles. The summed E-state index contributed by atoms with van der Waals surface area (Å²) in [5, 5.41) is 15.3. The van der Waals surface area contributed by atoms with E-state index in [2.05, 4.69) is 32.0 Å². The zero-order chi connectivity index (χ0) is 17.1. The third kappa shape index (κ3) is 82.9. The van der Waals surface area contributed by atoms with Crippen LogP contribution in [0.4, 0.5) is 0 Å². The number of carbonyl (C=O) groups excluding carboxylic acids is 2. The largest absolute Gasteiger partial charge is 0.366 e. The molecule has 0 bridgehead atoms. The molecule has 2 amide bonds. The molecule has 6 heteroatoms. The van der Waals surface area contributed by atoms with Crippen molar-refractivity contribution in [2.24, 2.45) is 11.5 Å². The molecule has 0 aromatic heterocycles. The Balaban J connectivity index is -0.0000000862. The average Bonchev–Trinajstić information content (AvgIpc) is 2.40. The number of hydrogen-bond acceptors (Lipinski definition) is 4. The Labute approximate surface area is 120 Å². The molecule has 4 N–H and O–H groups in total. The summed E-state index contributed by atoms with van der Waals surface area (Å²) in [6.07, 6.45) is 2.24. The molecule has 0 saturated heterocycles. The monoisotopic (exact) mass is 276 g/mol. The van der Waals surface area contributed by atoms with Gasteiger partial charge in [0, 0.05) is 17.2 Å². The quantitative estimate of drug-likeness (QED) is 0.583. The Bertz CT molecular complexity index is 425. The van der Waals surface area contributed by atoms with Gasteiger partial charge in [-0.1, -0.05) is 26.3 Å². The predicted molar refractivity (Wildman–Crippen MR) is 79.6 cm³/mol. The molecule has 0 heterocycles. The van der Waals surface area contributed by atoms with E-state index in [0.29, 0.717) is 11.1 Å². The number of primary amides is 2. The van der Waals surface area contributed by atoms with Crippen LogP contribution in [0, 0.1) is 22.7 Å². The molecule has 0 aliphatic heterocycles. The lowest BCUT2D eigenvalue weighted by atomic mass is 10.3. The molecular formula is C14H20N4O2. The van der Waals surface area contributed by atoms with E-state index in [1.165, 1.54) is 6.08 Å². The first-order valence-corrected chi connectivity index (χ1v) is 5.03. The molecule has 0 atom stereocenters. The van der Waals surface area contributed by atoms with Crippen LogP contribution in [0.5, 0.6) is 0 Å². The maximum atomic E-state index is 9.82. The van der Waals surface area contributed by atoms with Crippen LogP contribution in [0.3, 0.4) is 0 Å². The number of nitrogens with two attached hydrogens (primary N) is 2. The number of rotatable bonds is 2. The van der Waals surface area contributed by atoms with E-state index in [4.69, 9.17) is 16.3 Å². The number of carbonyl (C=O) groups is 2. The van der Waals surface area contributed by atoms with Crippen molar-refractivity contribution in [3.8, 4) is 12.1 Å². The van der Waals surface area contributed by atoms with Crippen LogP contribution in [-0.4, -0.2) is 11.8 Å².